The standard InChI is InChI=1S/C24H23N5O3S2/c1-13-14(2)34-23-20(13)21(25-11-26-23)29-7-5-15(6-8-29)22(30)28-24-27-17(10-33-24)16-3-4-18-19(9-16)32-12-31-18/h3-4,9-11,15H,5-8,12H2,1-2H3,(H,27,28,30). The minimum atomic E-state index is -0.0446. The predicted octanol–water partition coefficient (Wildman–Crippen LogP) is 5.02. The van der Waals surface area contributed by atoms with Gasteiger partial charge in [0.2, 0.25) is 12.7 Å². The van der Waals surface area contributed by atoms with E-state index in [-0.39, 0.29) is 18.6 Å². The number of rotatable bonds is 4. The summed E-state index contributed by atoms with van der Waals surface area (Å²) in [6.07, 6.45) is 3.20. The molecule has 0 saturated carbocycles. The van der Waals surface area contributed by atoms with Crippen molar-refractivity contribution in [2.45, 2.75) is 26.7 Å². The van der Waals surface area contributed by atoms with Gasteiger partial charge in [0, 0.05) is 34.8 Å². The van der Waals surface area contributed by atoms with Gasteiger partial charge in [0.15, 0.2) is 16.6 Å². The summed E-state index contributed by atoms with van der Waals surface area (Å²) in [5.74, 6) is 2.43. The van der Waals surface area contributed by atoms with Crippen LogP contribution >= 0.6 is 22.7 Å². The van der Waals surface area contributed by atoms with E-state index in [0.717, 1.165) is 64.7 Å². The fraction of sp³-hybridized carbons (Fsp3) is 0.333. The summed E-state index contributed by atoms with van der Waals surface area (Å²) in [5.41, 5.74) is 2.99. The molecule has 4 aromatic rings. The van der Waals surface area contributed by atoms with Crippen LogP contribution in [0.2, 0.25) is 0 Å². The van der Waals surface area contributed by atoms with E-state index >= 15 is 0 Å². The lowest BCUT2D eigenvalue weighted by atomic mass is 9.96. The second-order valence-corrected chi connectivity index (χ2v) is 10.6. The zero-order chi connectivity index (χ0) is 23.2. The maximum atomic E-state index is 13.0. The van der Waals surface area contributed by atoms with Gasteiger partial charge in [-0.3, -0.25) is 4.79 Å². The fourth-order valence-corrected chi connectivity index (χ4v) is 6.20. The highest BCUT2D eigenvalue weighted by Crippen LogP contribution is 2.37. The summed E-state index contributed by atoms with van der Waals surface area (Å²) >= 11 is 3.14. The number of fused-ring (bicyclic) bond motifs is 2. The fourth-order valence-electron chi connectivity index (χ4n) is 4.48. The Balaban J connectivity index is 1.11. The van der Waals surface area contributed by atoms with Crippen molar-refractivity contribution in [3.8, 4) is 22.8 Å². The van der Waals surface area contributed by atoms with Crippen molar-refractivity contribution in [1.82, 2.24) is 15.0 Å². The monoisotopic (exact) mass is 493 g/mol. The molecule has 1 aromatic carbocycles. The molecule has 0 bridgehead atoms. The summed E-state index contributed by atoms with van der Waals surface area (Å²) < 4.78 is 10.8. The lowest BCUT2D eigenvalue weighted by molar-refractivity contribution is -0.120. The third-order valence-corrected chi connectivity index (χ3v) is 8.39. The molecule has 5 heterocycles. The number of nitrogens with zero attached hydrogens (tertiary/aromatic N) is 4. The molecule has 174 valence electrons. The Morgan fingerprint density at radius 1 is 1.15 bits per heavy atom. The van der Waals surface area contributed by atoms with Gasteiger partial charge in [0.05, 0.1) is 11.1 Å². The van der Waals surface area contributed by atoms with Crippen LogP contribution in [0.1, 0.15) is 23.3 Å². The van der Waals surface area contributed by atoms with Gasteiger partial charge < -0.3 is 19.7 Å². The molecule has 0 unspecified atom stereocenters. The Bertz CT molecular complexity index is 1390. The van der Waals surface area contributed by atoms with Crippen LogP contribution in [0.15, 0.2) is 29.9 Å². The third kappa shape index (κ3) is 3.76. The highest BCUT2D eigenvalue weighted by Gasteiger charge is 2.28. The second-order valence-electron chi connectivity index (χ2n) is 8.52. The van der Waals surface area contributed by atoms with Crippen molar-refractivity contribution in [2.24, 2.45) is 5.92 Å². The van der Waals surface area contributed by atoms with E-state index in [0.29, 0.717) is 5.13 Å². The quantitative estimate of drug-likeness (QED) is 0.427. The van der Waals surface area contributed by atoms with E-state index in [1.807, 2.05) is 23.6 Å². The number of hydrogen-bond donors (Lipinski definition) is 1. The van der Waals surface area contributed by atoms with Gasteiger partial charge >= 0.3 is 0 Å². The number of hydrogen-bond acceptors (Lipinski definition) is 9. The molecular weight excluding hydrogens is 470 g/mol. The van der Waals surface area contributed by atoms with Gasteiger partial charge in [-0.1, -0.05) is 0 Å². The molecule has 2 aliphatic rings. The average Bonchev–Trinajstić information content (AvgIpc) is 3.58. The first-order valence-corrected chi connectivity index (χ1v) is 12.9. The van der Waals surface area contributed by atoms with Crippen LogP contribution < -0.4 is 19.7 Å². The summed E-state index contributed by atoms with van der Waals surface area (Å²) in [4.78, 5) is 31.2. The van der Waals surface area contributed by atoms with Crippen molar-refractivity contribution in [3.63, 3.8) is 0 Å². The summed E-state index contributed by atoms with van der Waals surface area (Å²) in [5, 5.41) is 6.72. The molecule has 0 spiro atoms. The lowest BCUT2D eigenvalue weighted by Gasteiger charge is -2.32. The molecule has 8 nitrogen and oxygen atoms in total. The van der Waals surface area contributed by atoms with Gasteiger partial charge in [-0.15, -0.1) is 22.7 Å². The van der Waals surface area contributed by atoms with Gasteiger partial charge in [0.1, 0.15) is 17.0 Å². The molecule has 1 N–H and O–H groups in total. The molecule has 0 radical (unpaired) electrons. The number of aromatic nitrogens is 3. The first kappa shape index (κ1) is 21.3. The van der Waals surface area contributed by atoms with E-state index in [1.54, 1.807) is 17.7 Å². The number of nitrogens with one attached hydrogen (secondary N) is 1. The molecule has 6 rings (SSSR count). The first-order chi connectivity index (χ1) is 16.6. The van der Waals surface area contributed by atoms with E-state index in [1.165, 1.54) is 21.8 Å². The Kier molecular flexibility index (Phi) is 5.34. The van der Waals surface area contributed by atoms with E-state index in [9.17, 15) is 4.79 Å². The Morgan fingerprint density at radius 3 is 2.82 bits per heavy atom. The molecule has 3 aromatic heterocycles. The number of piperidine rings is 1. The largest absolute Gasteiger partial charge is 0.454 e. The maximum Gasteiger partial charge on any atom is 0.231 e. The predicted molar refractivity (Wildman–Crippen MR) is 134 cm³/mol. The smallest absolute Gasteiger partial charge is 0.231 e. The molecule has 2 aliphatic heterocycles. The Hall–Kier alpha value is -3.24. The highest BCUT2D eigenvalue weighted by atomic mass is 32.1. The summed E-state index contributed by atoms with van der Waals surface area (Å²) in [7, 11) is 0. The molecule has 1 amide bonds. The van der Waals surface area contributed by atoms with E-state index in [2.05, 4.69) is 39.0 Å². The third-order valence-electron chi connectivity index (χ3n) is 6.51. The van der Waals surface area contributed by atoms with Crippen molar-refractivity contribution >= 4 is 49.7 Å². The van der Waals surface area contributed by atoms with Crippen LogP contribution in [0.3, 0.4) is 0 Å². The molecule has 34 heavy (non-hydrogen) atoms. The zero-order valence-corrected chi connectivity index (χ0v) is 20.5. The van der Waals surface area contributed by atoms with Crippen LogP contribution in [-0.4, -0.2) is 40.7 Å². The Labute approximate surface area is 204 Å². The number of carbonyl (C=O) groups excluding carboxylic acids is 1. The number of anilines is 2. The number of carbonyl (C=O) groups is 1. The zero-order valence-electron chi connectivity index (χ0n) is 18.8. The summed E-state index contributed by atoms with van der Waals surface area (Å²) in [6, 6.07) is 5.75. The molecular formula is C24H23N5O3S2. The first-order valence-electron chi connectivity index (χ1n) is 11.2. The van der Waals surface area contributed by atoms with Crippen molar-refractivity contribution < 1.29 is 14.3 Å². The topological polar surface area (TPSA) is 89.5 Å². The second kappa shape index (κ2) is 8.52. The van der Waals surface area contributed by atoms with Gasteiger partial charge in [-0.2, -0.15) is 0 Å². The van der Waals surface area contributed by atoms with E-state index < -0.39 is 0 Å². The minimum Gasteiger partial charge on any atom is -0.454 e. The van der Waals surface area contributed by atoms with Gasteiger partial charge in [-0.25, -0.2) is 15.0 Å². The molecule has 1 saturated heterocycles. The number of ether oxygens (including phenoxy) is 2. The minimum absolute atomic E-state index is 0.0293. The Morgan fingerprint density at radius 2 is 1.97 bits per heavy atom. The van der Waals surface area contributed by atoms with Gasteiger partial charge in [0.25, 0.3) is 0 Å². The normalized spacial score (nSPS) is 15.8. The summed E-state index contributed by atoms with van der Waals surface area (Å²) in [6.45, 7) is 6.08. The number of aryl methyl sites for hydroxylation is 2. The van der Waals surface area contributed by atoms with Gasteiger partial charge in [-0.05, 0) is 50.5 Å². The van der Waals surface area contributed by atoms with Crippen LogP contribution in [0.25, 0.3) is 21.5 Å². The van der Waals surface area contributed by atoms with Crippen LogP contribution in [0, 0.1) is 19.8 Å². The maximum absolute atomic E-state index is 13.0. The van der Waals surface area contributed by atoms with Crippen molar-refractivity contribution in [2.75, 3.05) is 30.1 Å². The number of thiophene rings is 1. The molecule has 1 fully saturated rings. The lowest BCUT2D eigenvalue weighted by Crippen LogP contribution is -2.38. The van der Waals surface area contributed by atoms with Crippen LogP contribution in [-0.2, 0) is 4.79 Å². The van der Waals surface area contributed by atoms with Crippen LogP contribution in [0.4, 0.5) is 10.9 Å². The number of benzene rings is 1. The van der Waals surface area contributed by atoms with Crippen LogP contribution in [0.5, 0.6) is 11.5 Å². The number of amides is 1. The number of thiazole rings is 1. The molecule has 0 atom stereocenters. The van der Waals surface area contributed by atoms with E-state index in [4.69, 9.17) is 9.47 Å². The average molecular weight is 494 g/mol. The molecule has 10 heteroatoms. The molecule has 0 aliphatic carbocycles. The SMILES string of the molecule is Cc1sc2ncnc(N3CCC(C(=O)Nc4nc(-c5ccc6c(c5)OCO6)cs4)CC3)c2c1C. The van der Waals surface area contributed by atoms with Crippen molar-refractivity contribution in [3.05, 3.63) is 40.3 Å². The van der Waals surface area contributed by atoms with Crippen molar-refractivity contribution in [1.29, 1.82) is 0 Å². The highest BCUT2D eigenvalue weighted by molar-refractivity contribution is 7.18.